The fourth-order valence-electron chi connectivity index (χ4n) is 5.94. The first-order valence-electron chi connectivity index (χ1n) is 11.5. The van der Waals surface area contributed by atoms with Gasteiger partial charge in [0.05, 0.1) is 31.0 Å². The SMILES string of the molecule is CCCc1cccc([C@@H]2[C@@H](C(=O)O)[C@@H](O)[C@@]3(O)c4c(OC)cncc4O[C@@]23c2ccc(Br)cc2)c1. The van der Waals surface area contributed by atoms with E-state index in [-0.39, 0.29) is 17.1 Å². The predicted molar refractivity (Wildman–Crippen MR) is 131 cm³/mol. The fraction of sp³-hybridized carbons (Fsp3) is 0.333. The molecule has 0 spiro atoms. The van der Waals surface area contributed by atoms with Gasteiger partial charge >= 0.3 is 5.97 Å². The number of fused-ring (bicyclic) bond motifs is 3. The van der Waals surface area contributed by atoms with E-state index in [1.165, 1.54) is 19.5 Å². The molecule has 1 fully saturated rings. The number of benzene rings is 2. The zero-order valence-electron chi connectivity index (χ0n) is 19.3. The van der Waals surface area contributed by atoms with Crippen molar-refractivity contribution in [2.75, 3.05) is 7.11 Å². The van der Waals surface area contributed by atoms with Crippen molar-refractivity contribution >= 4 is 21.9 Å². The third kappa shape index (κ3) is 3.23. The summed E-state index contributed by atoms with van der Waals surface area (Å²) in [6.07, 6.45) is 2.93. The maximum Gasteiger partial charge on any atom is 0.310 e. The van der Waals surface area contributed by atoms with Gasteiger partial charge in [0.25, 0.3) is 0 Å². The molecule has 7 nitrogen and oxygen atoms in total. The van der Waals surface area contributed by atoms with Crippen LogP contribution >= 0.6 is 15.9 Å². The molecule has 5 atom stereocenters. The van der Waals surface area contributed by atoms with Gasteiger partial charge in [-0.1, -0.05) is 65.7 Å². The number of nitrogens with zero attached hydrogens (tertiary/aromatic N) is 1. The molecule has 2 aromatic carbocycles. The Labute approximate surface area is 211 Å². The second-order valence-electron chi connectivity index (χ2n) is 9.11. The average Bonchev–Trinajstić information content (AvgIpc) is 3.23. The molecule has 1 aromatic heterocycles. The Morgan fingerprint density at radius 2 is 1.94 bits per heavy atom. The molecule has 3 aromatic rings. The summed E-state index contributed by atoms with van der Waals surface area (Å²) in [5.74, 6) is -3.04. The average molecular weight is 540 g/mol. The van der Waals surface area contributed by atoms with E-state index in [1.807, 2.05) is 24.3 Å². The number of aliphatic hydroxyl groups excluding tert-OH is 1. The Hall–Kier alpha value is -2.94. The lowest BCUT2D eigenvalue weighted by molar-refractivity contribution is -0.159. The quantitative estimate of drug-likeness (QED) is 0.431. The first-order valence-corrected chi connectivity index (χ1v) is 12.3. The summed E-state index contributed by atoms with van der Waals surface area (Å²) < 4.78 is 12.9. The van der Waals surface area contributed by atoms with Crippen molar-refractivity contribution in [1.29, 1.82) is 0 Å². The summed E-state index contributed by atoms with van der Waals surface area (Å²) in [5, 5.41) is 34.5. The van der Waals surface area contributed by atoms with E-state index in [4.69, 9.17) is 9.47 Å². The highest BCUT2D eigenvalue weighted by atomic mass is 79.9. The van der Waals surface area contributed by atoms with Gasteiger partial charge in [0.2, 0.25) is 0 Å². The Morgan fingerprint density at radius 1 is 1.20 bits per heavy atom. The normalized spacial score (nSPS) is 28.8. The number of rotatable bonds is 6. The summed E-state index contributed by atoms with van der Waals surface area (Å²) in [6, 6.07) is 14.8. The first kappa shape index (κ1) is 23.8. The number of methoxy groups -OCH3 is 1. The van der Waals surface area contributed by atoms with E-state index in [9.17, 15) is 20.1 Å². The minimum atomic E-state index is -2.13. The number of ether oxygens (including phenoxy) is 2. The van der Waals surface area contributed by atoms with Crippen molar-refractivity contribution in [3.63, 3.8) is 0 Å². The lowest BCUT2D eigenvalue weighted by Crippen LogP contribution is -2.52. The monoisotopic (exact) mass is 539 g/mol. The van der Waals surface area contributed by atoms with Gasteiger partial charge in [-0.25, -0.2) is 0 Å². The van der Waals surface area contributed by atoms with Crippen molar-refractivity contribution in [3.8, 4) is 11.5 Å². The number of carboxylic acids is 1. The number of halogens is 1. The van der Waals surface area contributed by atoms with E-state index < -0.39 is 35.1 Å². The molecule has 1 saturated carbocycles. The number of aliphatic carboxylic acids is 1. The van der Waals surface area contributed by atoms with E-state index >= 15 is 0 Å². The van der Waals surface area contributed by atoms with Crippen LogP contribution in [0.3, 0.4) is 0 Å². The highest BCUT2D eigenvalue weighted by Crippen LogP contribution is 2.69. The third-order valence-electron chi connectivity index (χ3n) is 7.29. The van der Waals surface area contributed by atoms with Crippen LogP contribution < -0.4 is 9.47 Å². The Morgan fingerprint density at radius 3 is 2.60 bits per heavy atom. The van der Waals surface area contributed by atoms with Crippen molar-refractivity contribution in [2.24, 2.45) is 5.92 Å². The molecule has 0 amide bonds. The van der Waals surface area contributed by atoms with Crippen LogP contribution in [-0.2, 0) is 22.4 Å². The maximum atomic E-state index is 12.7. The molecule has 0 radical (unpaired) electrons. The minimum Gasteiger partial charge on any atom is -0.495 e. The molecular weight excluding hydrogens is 514 g/mol. The second-order valence-corrected chi connectivity index (χ2v) is 10.0. The number of hydrogen-bond acceptors (Lipinski definition) is 6. The molecule has 2 aliphatic rings. The molecule has 0 unspecified atom stereocenters. The summed E-state index contributed by atoms with van der Waals surface area (Å²) in [5.41, 5.74) is -1.33. The molecule has 8 heteroatoms. The lowest BCUT2D eigenvalue weighted by Gasteiger charge is -2.40. The van der Waals surface area contributed by atoms with Crippen molar-refractivity contribution < 1.29 is 29.6 Å². The van der Waals surface area contributed by atoms with E-state index in [0.29, 0.717) is 11.1 Å². The Bertz CT molecular complexity index is 1280. The zero-order valence-corrected chi connectivity index (χ0v) is 20.9. The molecule has 0 bridgehead atoms. The highest BCUT2D eigenvalue weighted by Gasteiger charge is 2.78. The molecule has 35 heavy (non-hydrogen) atoms. The molecule has 0 saturated heterocycles. The fourth-order valence-corrected chi connectivity index (χ4v) is 6.20. The maximum absolute atomic E-state index is 12.7. The van der Waals surface area contributed by atoms with Crippen molar-refractivity contribution in [2.45, 2.75) is 43.0 Å². The van der Waals surface area contributed by atoms with Gasteiger partial charge in [0.1, 0.15) is 17.6 Å². The standard InChI is InChI=1S/C27H26BrNO6/c1-3-5-15-6-4-7-16(12-15)22-21(25(31)32)24(30)26(33)23-19(34-2)13-29-14-20(23)35-27(22,26)17-8-10-18(28)11-9-17/h4,6-14,21-22,24,30,33H,3,5H2,1-2H3,(H,31,32)/t21-,22-,24-,26+,27+/m1/s1. The van der Waals surface area contributed by atoms with Gasteiger partial charge in [0.15, 0.2) is 11.2 Å². The number of carboxylic acid groups (broad SMARTS) is 1. The Balaban J connectivity index is 1.86. The first-order chi connectivity index (χ1) is 16.8. The van der Waals surface area contributed by atoms with Crippen LogP contribution in [0.2, 0.25) is 0 Å². The van der Waals surface area contributed by atoms with Crippen LogP contribution in [-0.4, -0.2) is 39.5 Å². The van der Waals surface area contributed by atoms with Crippen LogP contribution in [0.1, 0.15) is 41.5 Å². The van der Waals surface area contributed by atoms with Crippen LogP contribution in [0.15, 0.2) is 65.4 Å². The zero-order chi connectivity index (χ0) is 25.0. The number of pyridine rings is 1. The van der Waals surface area contributed by atoms with Crippen LogP contribution in [0.25, 0.3) is 0 Å². The molecule has 1 aliphatic carbocycles. The van der Waals surface area contributed by atoms with Crippen LogP contribution in [0.5, 0.6) is 11.5 Å². The third-order valence-corrected chi connectivity index (χ3v) is 7.82. The van der Waals surface area contributed by atoms with Gasteiger partial charge in [0, 0.05) is 10.4 Å². The minimum absolute atomic E-state index is 0.198. The molecular formula is C27H26BrNO6. The molecule has 182 valence electrons. The number of hydrogen-bond donors (Lipinski definition) is 3. The molecule has 5 rings (SSSR count). The molecule has 1 aliphatic heterocycles. The van der Waals surface area contributed by atoms with Crippen molar-refractivity contribution in [1.82, 2.24) is 4.98 Å². The number of carbonyl (C=O) groups is 1. The van der Waals surface area contributed by atoms with E-state index in [0.717, 1.165) is 22.9 Å². The predicted octanol–water partition coefficient (Wildman–Crippen LogP) is 4.14. The van der Waals surface area contributed by atoms with Gasteiger partial charge in [-0.15, -0.1) is 0 Å². The van der Waals surface area contributed by atoms with Gasteiger partial charge < -0.3 is 24.8 Å². The highest BCUT2D eigenvalue weighted by molar-refractivity contribution is 9.10. The number of aliphatic hydroxyl groups is 2. The second kappa shape index (κ2) is 8.62. The van der Waals surface area contributed by atoms with Crippen LogP contribution in [0.4, 0.5) is 0 Å². The summed E-state index contributed by atoms with van der Waals surface area (Å²) in [6.45, 7) is 2.07. The van der Waals surface area contributed by atoms with Gasteiger partial charge in [-0.2, -0.15) is 0 Å². The van der Waals surface area contributed by atoms with Crippen molar-refractivity contribution in [3.05, 3.63) is 87.7 Å². The largest absolute Gasteiger partial charge is 0.495 e. The lowest BCUT2D eigenvalue weighted by atomic mass is 9.70. The smallest absolute Gasteiger partial charge is 0.310 e. The Kier molecular flexibility index (Phi) is 5.86. The topological polar surface area (TPSA) is 109 Å². The van der Waals surface area contributed by atoms with E-state index in [1.54, 1.807) is 24.3 Å². The number of aryl methyl sites for hydroxylation is 1. The van der Waals surface area contributed by atoms with E-state index in [2.05, 4.69) is 27.8 Å². The number of aromatic nitrogens is 1. The summed E-state index contributed by atoms with van der Waals surface area (Å²) >= 11 is 3.45. The summed E-state index contributed by atoms with van der Waals surface area (Å²) in [7, 11) is 1.43. The van der Waals surface area contributed by atoms with Crippen LogP contribution in [0, 0.1) is 5.92 Å². The van der Waals surface area contributed by atoms with Gasteiger partial charge in [-0.3, -0.25) is 9.78 Å². The van der Waals surface area contributed by atoms with Gasteiger partial charge in [-0.05, 0) is 35.2 Å². The molecule has 3 N–H and O–H groups in total. The molecule has 2 heterocycles. The summed E-state index contributed by atoms with van der Waals surface area (Å²) in [4.78, 5) is 16.9.